The van der Waals surface area contributed by atoms with Crippen LogP contribution < -0.4 is 5.73 Å². The van der Waals surface area contributed by atoms with Crippen molar-refractivity contribution in [2.24, 2.45) is 5.73 Å². The summed E-state index contributed by atoms with van der Waals surface area (Å²) in [7, 11) is -1.74. The van der Waals surface area contributed by atoms with Crippen molar-refractivity contribution in [1.82, 2.24) is 4.31 Å². The maximum atomic E-state index is 12.2. The van der Waals surface area contributed by atoms with Gasteiger partial charge in [0.1, 0.15) is 4.99 Å². The van der Waals surface area contributed by atoms with Gasteiger partial charge in [-0.1, -0.05) is 36.5 Å². The molecular formula is C12H18N2O2S3. The SMILES string of the molecule is CSCCN(C)S(=O)(=O)Cc1ccccc1C(N)=S. The minimum Gasteiger partial charge on any atom is -0.389 e. The summed E-state index contributed by atoms with van der Waals surface area (Å²) < 4.78 is 25.8. The summed E-state index contributed by atoms with van der Waals surface area (Å²) in [6.07, 6.45) is 1.95. The van der Waals surface area contributed by atoms with Crippen molar-refractivity contribution < 1.29 is 8.42 Å². The molecule has 1 rings (SSSR count). The van der Waals surface area contributed by atoms with Crippen molar-refractivity contribution in [3.8, 4) is 0 Å². The Morgan fingerprint density at radius 2 is 2.05 bits per heavy atom. The number of hydrogen-bond donors (Lipinski definition) is 1. The quantitative estimate of drug-likeness (QED) is 0.771. The zero-order valence-electron chi connectivity index (χ0n) is 11.0. The predicted molar refractivity (Wildman–Crippen MR) is 86.0 cm³/mol. The van der Waals surface area contributed by atoms with Crippen molar-refractivity contribution in [2.45, 2.75) is 5.75 Å². The number of rotatable bonds is 7. The molecule has 0 radical (unpaired) electrons. The van der Waals surface area contributed by atoms with Gasteiger partial charge >= 0.3 is 0 Å². The Labute approximate surface area is 124 Å². The van der Waals surface area contributed by atoms with Crippen LogP contribution in [0.4, 0.5) is 0 Å². The van der Waals surface area contributed by atoms with Gasteiger partial charge in [0.05, 0.1) is 5.75 Å². The van der Waals surface area contributed by atoms with Crippen LogP contribution in [0.5, 0.6) is 0 Å². The third-order valence-corrected chi connectivity index (χ3v) is 5.32. The van der Waals surface area contributed by atoms with E-state index in [1.54, 1.807) is 43.1 Å². The molecule has 0 heterocycles. The van der Waals surface area contributed by atoms with Gasteiger partial charge in [0.25, 0.3) is 0 Å². The highest BCUT2D eigenvalue weighted by Gasteiger charge is 2.20. The Kier molecular flexibility index (Phi) is 6.25. The molecule has 0 aromatic heterocycles. The lowest BCUT2D eigenvalue weighted by Crippen LogP contribution is -2.30. The molecular weight excluding hydrogens is 300 g/mol. The Hall–Kier alpha value is -0.630. The monoisotopic (exact) mass is 318 g/mol. The Morgan fingerprint density at radius 3 is 2.63 bits per heavy atom. The van der Waals surface area contributed by atoms with E-state index in [4.69, 9.17) is 18.0 Å². The molecule has 0 aliphatic carbocycles. The van der Waals surface area contributed by atoms with E-state index in [0.29, 0.717) is 17.7 Å². The molecule has 0 aliphatic heterocycles. The fraction of sp³-hybridized carbons (Fsp3) is 0.417. The van der Waals surface area contributed by atoms with Crippen molar-refractivity contribution >= 4 is 39.0 Å². The number of thioether (sulfide) groups is 1. The lowest BCUT2D eigenvalue weighted by atomic mass is 10.1. The lowest BCUT2D eigenvalue weighted by molar-refractivity contribution is 0.487. The lowest BCUT2D eigenvalue weighted by Gasteiger charge is -2.17. The number of thiocarbonyl (C=S) groups is 1. The van der Waals surface area contributed by atoms with Gasteiger partial charge < -0.3 is 5.73 Å². The van der Waals surface area contributed by atoms with Crippen LogP contribution >= 0.6 is 24.0 Å². The first kappa shape index (κ1) is 16.4. The van der Waals surface area contributed by atoms with Crippen LogP contribution in [0, 0.1) is 0 Å². The number of benzene rings is 1. The largest absolute Gasteiger partial charge is 0.389 e. The molecule has 0 fully saturated rings. The van der Waals surface area contributed by atoms with Gasteiger partial charge in [-0.2, -0.15) is 11.8 Å². The summed E-state index contributed by atoms with van der Waals surface area (Å²) in [4.78, 5) is 0.220. The first-order valence-corrected chi connectivity index (χ1v) is 9.10. The van der Waals surface area contributed by atoms with Gasteiger partial charge in [-0.05, 0) is 11.8 Å². The average Bonchev–Trinajstić information content (AvgIpc) is 2.35. The standard InChI is InChI=1S/C12H18N2O2S3/c1-14(7-8-18-2)19(15,16)9-10-5-3-4-6-11(10)12(13)17/h3-6H,7-9H2,1-2H3,(H2,13,17). The van der Waals surface area contributed by atoms with Crippen LogP contribution in [0.25, 0.3) is 0 Å². The second kappa shape index (κ2) is 7.23. The molecule has 0 bridgehead atoms. The van der Waals surface area contributed by atoms with E-state index < -0.39 is 10.0 Å². The van der Waals surface area contributed by atoms with Crippen molar-refractivity contribution in [1.29, 1.82) is 0 Å². The fourth-order valence-corrected chi connectivity index (χ4v) is 3.56. The molecule has 7 heteroatoms. The van der Waals surface area contributed by atoms with Gasteiger partial charge in [0.2, 0.25) is 10.0 Å². The van der Waals surface area contributed by atoms with Gasteiger partial charge in [-0.25, -0.2) is 12.7 Å². The summed E-state index contributed by atoms with van der Waals surface area (Å²) in [6.45, 7) is 0.499. The number of hydrogen-bond acceptors (Lipinski definition) is 4. The average molecular weight is 318 g/mol. The van der Waals surface area contributed by atoms with E-state index in [1.807, 2.05) is 6.26 Å². The van der Waals surface area contributed by atoms with Gasteiger partial charge in [0.15, 0.2) is 0 Å². The van der Waals surface area contributed by atoms with Crippen LogP contribution in [0.2, 0.25) is 0 Å². The molecule has 1 aromatic rings. The van der Waals surface area contributed by atoms with Crippen LogP contribution in [0.15, 0.2) is 24.3 Å². The van der Waals surface area contributed by atoms with Gasteiger partial charge in [-0.15, -0.1) is 0 Å². The van der Waals surface area contributed by atoms with Crippen LogP contribution in [-0.2, 0) is 15.8 Å². The summed E-state index contributed by atoms with van der Waals surface area (Å²) in [6, 6.07) is 7.07. The second-order valence-electron chi connectivity index (χ2n) is 4.09. The molecule has 19 heavy (non-hydrogen) atoms. The zero-order valence-corrected chi connectivity index (χ0v) is 13.4. The summed E-state index contributed by atoms with van der Waals surface area (Å²) in [5, 5.41) is 0. The third kappa shape index (κ3) is 4.76. The van der Waals surface area contributed by atoms with E-state index in [1.165, 1.54) is 4.31 Å². The van der Waals surface area contributed by atoms with Crippen molar-refractivity contribution in [2.75, 3.05) is 25.6 Å². The Bertz CT molecular complexity index is 544. The highest BCUT2D eigenvalue weighted by molar-refractivity contribution is 7.98. The van der Waals surface area contributed by atoms with Crippen LogP contribution in [0.1, 0.15) is 11.1 Å². The molecule has 0 amide bonds. The summed E-state index contributed by atoms with van der Waals surface area (Å²) >= 11 is 6.55. The predicted octanol–water partition coefficient (Wildman–Crippen LogP) is 1.45. The smallest absolute Gasteiger partial charge is 0.218 e. The van der Waals surface area contributed by atoms with E-state index >= 15 is 0 Å². The Balaban J connectivity index is 2.92. The first-order chi connectivity index (χ1) is 8.88. The molecule has 106 valence electrons. The molecule has 0 unspecified atom stereocenters. The van der Waals surface area contributed by atoms with Gasteiger partial charge in [0, 0.05) is 24.9 Å². The number of nitrogens with two attached hydrogens (primary N) is 1. The fourth-order valence-electron chi connectivity index (χ4n) is 1.55. The second-order valence-corrected chi connectivity index (χ2v) is 7.59. The van der Waals surface area contributed by atoms with Crippen LogP contribution in [0.3, 0.4) is 0 Å². The molecule has 2 N–H and O–H groups in total. The third-order valence-electron chi connectivity index (χ3n) is 2.71. The number of nitrogens with zero attached hydrogens (tertiary/aromatic N) is 1. The molecule has 0 aliphatic rings. The van der Waals surface area contributed by atoms with E-state index in [2.05, 4.69) is 0 Å². The van der Waals surface area contributed by atoms with Crippen LogP contribution in [-0.4, -0.2) is 43.3 Å². The molecule has 4 nitrogen and oxygen atoms in total. The topological polar surface area (TPSA) is 63.4 Å². The van der Waals surface area contributed by atoms with Crippen molar-refractivity contribution in [3.63, 3.8) is 0 Å². The summed E-state index contributed by atoms with van der Waals surface area (Å²) in [5.41, 5.74) is 6.88. The van der Waals surface area contributed by atoms with E-state index in [9.17, 15) is 8.42 Å². The summed E-state index contributed by atoms with van der Waals surface area (Å²) in [5.74, 6) is 0.693. The highest BCUT2D eigenvalue weighted by atomic mass is 32.2. The zero-order chi connectivity index (χ0) is 14.5. The number of sulfonamides is 1. The Morgan fingerprint density at radius 1 is 1.42 bits per heavy atom. The normalized spacial score (nSPS) is 11.7. The minimum absolute atomic E-state index is 0.0780. The van der Waals surface area contributed by atoms with Gasteiger partial charge in [-0.3, -0.25) is 0 Å². The molecule has 0 atom stereocenters. The highest BCUT2D eigenvalue weighted by Crippen LogP contribution is 2.15. The molecule has 0 saturated carbocycles. The molecule has 0 spiro atoms. The maximum Gasteiger partial charge on any atom is 0.218 e. The van der Waals surface area contributed by atoms with E-state index in [0.717, 1.165) is 5.75 Å². The minimum atomic E-state index is -3.34. The molecule has 0 saturated heterocycles. The van der Waals surface area contributed by atoms with Crippen molar-refractivity contribution in [3.05, 3.63) is 35.4 Å². The molecule has 1 aromatic carbocycles. The maximum absolute atomic E-state index is 12.2. The van der Waals surface area contributed by atoms with E-state index in [-0.39, 0.29) is 10.7 Å². The first-order valence-electron chi connectivity index (χ1n) is 5.69.